The molecule has 0 fully saturated rings. The summed E-state index contributed by atoms with van der Waals surface area (Å²) in [4.78, 5) is 1.36. The predicted octanol–water partition coefficient (Wildman–Crippen LogP) is 2.66. The molecule has 0 radical (unpaired) electrons. The maximum Gasteiger partial charge on any atom is 0.416 e. The van der Waals surface area contributed by atoms with E-state index < -0.39 is 23.7 Å². The molecule has 1 N–H and O–H groups in total. The molecule has 0 aliphatic heterocycles. The van der Waals surface area contributed by atoms with Gasteiger partial charge in [0.05, 0.1) is 17.4 Å². The van der Waals surface area contributed by atoms with Gasteiger partial charge in [-0.15, -0.1) is 0 Å². The van der Waals surface area contributed by atoms with Crippen molar-refractivity contribution in [2.45, 2.75) is 19.2 Å². The van der Waals surface area contributed by atoms with E-state index >= 15 is 0 Å². The summed E-state index contributed by atoms with van der Waals surface area (Å²) < 4.78 is 50.3. The average molecular weight is 251 g/mol. The Morgan fingerprint density at radius 1 is 1.35 bits per heavy atom. The van der Waals surface area contributed by atoms with E-state index in [0.29, 0.717) is 6.07 Å². The van der Waals surface area contributed by atoms with Crippen molar-refractivity contribution in [3.8, 4) is 0 Å². The summed E-state index contributed by atoms with van der Waals surface area (Å²) in [6.45, 7) is 1.65. The quantitative estimate of drug-likeness (QED) is 0.835. The zero-order valence-corrected chi connectivity index (χ0v) is 9.42. The molecule has 1 rings (SSSR count). The van der Waals surface area contributed by atoms with Crippen LogP contribution in [0.2, 0.25) is 0 Å². The van der Waals surface area contributed by atoms with E-state index in [1.165, 1.54) is 18.9 Å². The number of halogens is 4. The third-order valence-electron chi connectivity index (χ3n) is 2.22. The van der Waals surface area contributed by atoms with Crippen molar-refractivity contribution in [2.75, 3.05) is 18.5 Å². The Morgan fingerprint density at radius 3 is 2.35 bits per heavy atom. The van der Waals surface area contributed by atoms with Crippen LogP contribution >= 0.6 is 0 Å². The highest BCUT2D eigenvalue weighted by atomic mass is 19.4. The van der Waals surface area contributed by atoms with Gasteiger partial charge < -0.3 is 10.0 Å². The number of rotatable bonds is 3. The molecule has 96 valence electrons. The highest BCUT2D eigenvalue weighted by Crippen LogP contribution is 2.31. The van der Waals surface area contributed by atoms with Gasteiger partial charge in [-0.25, -0.2) is 4.39 Å². The van der Waals surface area contributed by atoms with Crippen molar-refractivity contribution in [1.82, 2.24) is 0 Å². The van der Waals surface area contributed by atoms with Gasteiger partial charge in [0.1, 0.15) is 5.82 Å². The van der Waals surface area contributed by atoms with E-state index in [9.17, 15) is 17.6 Å². The van der Waals surface area contributed by atoms with Gasteiger partial charge in [-0.05, 0) is 25.1 Å². The van der Waals surface area contributed by atoms with Gasteiger partial charge in [0.15, 0.2) is 0 Å². The Hall–Kier alpha value is -1.30. The molecule has 6 heteroatoms. The van der Waals surface area contributed by atoms with E-state index in [2.05, 4.69) is 0 Å². The second-order valence-electron chi connectivity index (χ2n) is 3.89. The molecule has 0 spiro atoms. The Labute approximate surface area is 96.5 Å². The van der Waals surface area contributed by atoms with Crippen molar-refractivity contribution in [1.29, 1.82) is 0 Å². The van der Waals surface area contributed by atoms with E-state index in [4.69, 9.17) is 5.11 Å². The van der Waals surface area contributed by atoms with Gasteiger partial charge >= 0.3 is 6.18 Å². The van der Waals surface area contributed by atoms with Crippen LogP contribution in [0.1, 0.15) is 12.5 Å². The number of benzene rings is 1. The van der Waals surface area contributed by atoms with Crippen molar-refractivity contribution in [3.05, 3.63) is 29.6 Å². The first-order chi connectivity index (χ1) is 7.71. The summed E-state index contributed by atoms with van der Waals surface area (Å²) in [5, 5.41) is 9.11. The number of likely N-dealkylation sites (N-methyl/N-ethyl adjacent to an activating group) is 1. The Kier molecular flexibility index (Phi) is 3.98. The van der Waals surface area contributed by atoms with Crippen molar-refractivity contribution >= 4 is 5.69 Å². The molecular weight excluding hydrogens is 238 g/mol. The Balaban J connectivity index is 2.98. The number of anilines is 1. The fourth-order valence-corrected chi connectivity index (χ4v) is 1.49. The normalized spacial score (nSPS) is 13.6. The van der Waals surface area contributed by atoms with Gasteiger partial charge in [0.25, 0.3) is 0 Å². The summed E-state index contributed by atoms with van der Waals surface area (Å²) in [6.07, 6.45) is -5.25. The number of alkyl halides is 3. The van der Waals surface area contributed by atoms with Crippen LogP contribution in [-0.4, -0.2) is 24.8 Å². The second-order valence-corrected chi connectivity index (χ2v) is 3.89. The molecule has 0 aliphatic carbocycles. The molecule has 1 aromatic rings. The lowest BCUT2D eigenvalue weighted by Crippen LogP contribution is -2.27. The molecule has 0 amide bonds. The number of hydrogen-bond acceptors (Lipinski definition) is 2. The lowest BCUT2D eigenvalue weighted by molar-refractivity contribution is -0.137. The number of aliphatic hydroxyl groups is 1. The molecule has 0 aromatic heterocycles. The first-order valence-electron chi connectivity index (χ1n) is 4.97. The smallest absolute Gasteiger partial charge is 0.392 e. The van der Waals surface area contributed by atoms with Crippen LogP contribution in [0, 0.1) is 5.82 Å². The molecule has 0 heterocycles. The topological polar surface area (TPSA) is 23.5 Å². The minimum atomic E-state index is -4.55. The van der Waals surface area contributed by atoms with E-state index in [0.717, 1.165) is 12.1 Å². The maximum atomic E-state index is 13.5. The summed E-state index contributed by atoms with van der Waals surface area (Å²) in [5.74, 6) is -0.956. The van der Waals surface area contributed by atoms with Crippen LogP contribution < -0.4 is 4.90 Å². The molecule has 2 nitrogen and oxygen atoms in total. The van der Waals surface area contributed by atoms with Gasteiger partial charge in [-0.3, -0.25) is 0 Å². The van der Waals surface area contributed by atoms with E-state index in [1.54, 1.807) is 0 Å². The fourth-order valence-electron chi connectivity index (χ4n) is 1.49. The molecule has 0 saturated carbocycles. The van der Waals surface area contributed by atoms with Crippen molar-refractivity contribution in [3.63, 3.8) is 0 Å². The van der Waals surface area contributed by atoms with Crippen molar-refractivity contribution < 1.29 is 22.7 Å². The SMILES string of the molecule is CC(O)CN(C)c1ccc(C(F)(F)F)cc1F. The zero-order valence-electron chi connectivity index (χ0n) is 9.42. The minimum absolute atomic E-state index is 0.0268. The minimum Gasteiger partial charge on any atom is -0.392 e. The monoisotopic (exact) mass is 251 g/mol. The van der Waals surface area contributed by atoms with Crippen LogP contribution in [0.3, 0.4) is 0 Å². The first kappa shape index (κ1) is 13.8. The first-order valence-corrected chi connectivity index (χ1v) is 4.97. The van der Waals surface area contributed by atoms with Gasteiger partial charge in [-0.1, -0.05) is 0 Å². The summed E-state index contributed by atoms with van der Waals surface area (Å²) >= 11 is 0. The number of aliphatic hydroxyl groups excluding tert-OH is 1. The van der Waals surface area contributed by atoms with E-state index in [1.807, 2.05) is 0 Å². The van der Waals surface area contributed by atoms with Crippen molar-refractivity contribution in [2.24, 2.45) is 0 Å². The number of nitrogens with zero attached hydrogens (tertiary/aromatic N) is 1. The van der Waals surface area contributed by atoms with Crippen LogP contribution in [0.25, 0.3) is 0 Å². The second kappa shape index (κ2) is 4.91. The third kappa shape index (κ3) is 3.59. The summed E-state index contributed by atoms with van der Waals surface area (Å²) in [6, 6.07) is 2.32. The average Bonchev–Trinajstić information content (AvgIpc) is 2.14. The molecule has 1 unspecified atom stereocenters. The molecular formula is C11H13F4NO. The maximum absolute atomic E-state index is 13.5. The molecule has 17 heavy (non-hydrogen) atoms. The molecule has 1 aromatic carbocycles. The Morgan fingerprint density at radius 2 is 1.94 bits per heavy atom. The highest BCUT2D eigenvalue weighted by Gasteiger charge is 2.31. The van der Waals surface area contributed by atoms with Gasteiger partial charge in [-0.2, -0.15) is 13.2 Å². The Bertz CT molecular complexity index is 390. The predicted molar refractivity (Wildman–Crippen MR) is 56.4 cm³/mol. The van der Waals surface area contributed by atoms with Gasteiger partial charge in [0.2, 0.25) is 0 Å². The largest absolute Gasteiger partial charge is 0.416 e. The summed E-state index contributed by atoms with van der Waals surface area (Å²) in [5.41, 5.74) is -0.997. The highest BCUT2D eigenvalue weighted by molar-refractivity contribution is 5.49. The standard InChI is InChI=1S/C11H13F4NO/c1-7(17)6-16(2)10-4-3-8(5-9(10)12)11(13,14)15/h3-5,7,17H,6H2,1-2H3. The van der Waals surface area contributed by atoms with Crippen LogP contribution in [0.4, 0.5) is 23.2 Å². The number of hydrogen-bond donors (Lipinski definition) is 1. The molecule has 0 aliphatic rings. The molecule has 0 bridgehead atoms. The van der Waals surface area contributed by atoms with Gasteiger partial charge in [0, 0.05) is 13.6 Å². The van der Waals surface area contributed by atoms with Crippen LogP contribution in [0.5, 0.6) is 0 Å². The lowest BCUT2D eigenvalue weighted by Gasteiger charge is -2.22. The van der Waals surface area contributed by atoms with Crippen LogP contribution in [-0.2, 0) is 6.18 Å². The lowest BCUT2D eigenvalue weighted by atomic mass is 10.1. The van der Waals surface area contributed by atoms with E-state index in [-0.39, 0.29) is 12.2 Å². The molecule has 1 atom stereocenters. The molecule has 0 saturated heterocycles. The zero-order chi connectivity index (χ0) is 13.2. The summed E-state index contributed by atoms with van der Waals surface area (Å²) in [7, 11) is 1.50. The fraction of sp³-hybridized carbons (Fsp3) is 0.455. The third-order valence-corrected chi connectivity index (χ3v) is 2.22. The van der Waals surface area contributed by atoms with Crippen LogP contribution in [0.15, 0.2) is 18.2 Å².